The predicted molar refractivity (Wildman–Crippen MR) is 91.5 cm³/mol. The first kappa shape index (κ1) is 16.0. The quantitative estimate of drug-likeness (QED) is 0.841. The molecule has 0 radical (unpaired) electrons. The van der Waals surface area contributed by atoms with Crippen molar-refractivity contribution in [1.82, 2.24) is 4.90 Å². The van der Waals surface area contributed by atoms with Crippen LogP contribution in [0.1, 0.15) is 52.0 Å². The number of piperidine rings is 1. The fourth-order valence-corrected chi connectivity index (χ4v) is 3.85. The zero-order valence-electron chi connectivity index (χ0n) is 14.3. The lowest BCUT2D eigenvalue weighted by atomic mass is 9.77. The molecule has 2 amide bonds. The minimum absolute atomic E-state index is 0.0479. The van der Waals surface area contributed by atoms with Crippen molar-refractivity contribution in [2.24, 2.45) is 0 Å². The average molecular weight is 314 g/mol. The minimum Gasteiger partial charge on any atom is -0.338 e. The topological polar surface area (TPSA) is 40.6 Å². The zero-order chi connectivity index (χ0) is 16.6. The van der Waals surface area contributed by atoms with E-state index in [-0.39, 0.29) is 29.8 Å². The van der Waals surface area contributed by atoms with Gasteiger partial charge in [-0.15, -0.1) is 0 Å². The van der Waals surface area contributed by atoms with Gasteiger partial charge >= 0.3 is 0 Å². The molecule has 0 N–H and O–H groups in total. The van der Waals surface area contributed by atoms with Gasteiger partial charge < -0.3 is 9.80 Å². The number of nitrogens with zero attached hydrogens (tertiary/aromatic N) is 2. The highest BCUT2D eigenvalue weighted by Crippen LogP contribution is 2.39. The summed E-state index contributed by atoms with van der Waals surface area (Å²) in [6.07, 6.45) is 3.76. The van der Waals surface area contributed by atoms with Crippen LogP contribution in [-0.4, -0.2) is 35.8 Å². The number of para-hydroxylation sites is 1. The van der Waals surface area contributed by atoms with E-state index in [0.717, 1.165) is 30.6 Å². The summed E-state index contributed by atoms with van der Waals surface area (Å²) in [6.45, 7) is 7.27. The standard InChI is InChI=1S/C19H26N2O2/c1-14-8-6-7-11-20(14)18(23)13-21-16-10-5-4-9-15(16)19(2,3)12-17(21)22/h4-5,9-10,14H,6-8,11-13H2,1-3H3/t14-/m1/s1. The van der Waals surface area contributed by atoms with Crippen molar-refractivity contribution in [2.45, 2.75) is 57.9 Å². The molecule has 1 fully saturated rings. The van der Waals surface area contributed by atoms with Crippen LogP contribution in [-0.2, 0) is 15.0 Å². The summed E-state index contributed by atoms with van der Waals surface area (Å²) in [5, 5.41) is 0. The Bertz CT molecular complexity index is 624. The first-order valence-corrected chi connectivity index (χ1v) is 8.59. The fraction of sp³-hybridized carbons (Fsp3) is 0.579. The molecule has 23 heavy (non-hydrogen) atoms. The Hall–Kier alpha value is -1.84. The van der Waals surface area contributed by atoms with Gasteiger partial charge in [0.15, 0.2) is 0 Å². The Labute approximate surface area is 138 Å². The summed E-state index contributed by atoms with van der Waals surface area (Å²) < 4.78 is 0. The van der Waals surface area contributed by atoms with E-state index >= 15 is 0 Å². The van der Waals surface area contributed by atoms with Gasteiger partial charge in [0.05, 0.1) is 0 Å². The maximum atomic E-state index is 12.7. The number of carbonyl (C=O) groups is 2. The summed E-state index contributed by atoms with van der Waals surface area (Å²) in [5.41, 5.74) is 1.87. The minimum atomic E-state index is -0.175. The van der Waals surface area contributed by atoms with Gasteiger partial charge in [0.1, 0.15) is 6.54 Å². The number of fused-ring (bicyclic) bond motifs is 1. The number of carbonyl (C=O) groups excluding carboxylic acids is 2. The Morgan fingerprint density at radius 3 is 2.74 bits per heavy atom. The summed E-state index contributed by atoms with van der Waals surface area (Å²) in [4.78, 5) is 29.0. The van der Waals surface area contributed by atoms with Crippen LogP contribution in [0.15, 0.2) is 24.3 Å². The van der Waals surface area contributed by atoms with E-state index in [1.54, 1.807) is 4.90 Å². The molecule has 2 aliphatic heterocycles. The van der Waals surface area contributed by atoms with Gasteiger partial charge in [-0.2, -0.15) is 0 Å². The molecule has 4 heteroatoms. The van der Waals surface area contributed by atoms with E-state index in [9.17, 15) is 9.59 Å². The predicted octanol–water partition coefficient (Wildman–Crippen LogP) is 3.10. The highest BCUT2D eigenvalue weighted by Gasteiger charge is 2.38. The zero-order valence-corrected chi connectivity index (χ0v) is 14.3. The van der Waals surface area contributed by atoms with Gasteiger partial charge in [-0.1, -0.05) is 32.0 Å². The van der Waals surface area contributed by atoms with Crippen LogP contribution in [0.3, 0.4) is 0 Å². The van der Waals surface area contributed by atoms with Crippen molar-refractivity contribution in [2.75, 3.05) is 18.0 Å². The molecule has 2 heterocycles. The second-order valence-corrected chi connectivity index (χ2v) is 7.49. The number of rotatable bonds is 2. The SMILES string of the molecule is C[C@@H]1CCCCN1C(=O)CN1C(=O)CC(C)(C)c2ccccc21. The molecule has 124 valence electrons. The van der Waals surface area contributed by atoms with E-state index in [1.165, 1.54) is 6.42 Å². The third-order valence-electron chi connectivity index (χ3n) is 5.23. The van der Waals surface area contributed by atoms with Crippen molar-refractivity contribution in [3.8, 4) is 0 Å². The molecule has 0 bridgehead atoms. The highest BCUT2D eigenvalue weighted by atomic mass is 16.2. The third kappa shape index (κ3) is 2.99. The molecule has 0 aliphatic carbocycles. The number of benzene rings is 1. The number of amides is 2. The molecule has 1 saturated heterocycles. The number of anilines is 1. The summed E-state index contributed by atoms with van der Waals surface area (Å²) in [6, 6.07) is 8.25. The molecule has 0 spiro atoms. The van der Waals surface area contributed by atoms with Crippen molar-refractivity contribution < 1.29 is 9.59 Å². The average Bonchev–Trinajstić information content (AvgIpc) is 2.51. The highest BCUT2D eigenvalue weighted by molar-refractivity contribution is 6.02. The lowest BCUT2D eigenvalue weighted by Gasteiger charge is -2.40. The number of hydrogen-bond acceptors (Lipinski definition) is 2. The van der Waals surface area contributed by atoms with E-state index in [0.29, 0.717) is 6.42 Å². The van der Waals surface area contributed by atoms with Crippen molar-refractivity contribution >= 4 is 17.5 Å². The van der Waals surface area contributed by atoms with Gasteiger partial charge in [-0.25, -0.2) is 0 Å². The van der Waals surface area contributed by atoms with E-state index < -0.39 is 0 Å². The Kier molecular flexibility index (Phi) is 4.17. The largest absolute Gasteiger partial charge is 0.338 e. The van der Waals surface area contributed by atoms with E-state index in [4.69, 9.17) is 0 Å². The van der Waals surface area contributed by atoms with Crippen LogP contribution in [0.25, 0.3) is 0 Å². The first-order valence-electron chi connectivity index (χ1n) is 8.59. The Morgan fingerprint density at radius 2 is 2.00 bits per heavy atom. The molecule has 0 saturated carbocycles. The molecule has 0 aromatic heterocycles. The van der Waals surface area contributed by atoms with E-state index in [1.807, 2.05) is 23.1 Å². The molecule has 1 aromatic carbocycles. The molecule has 1 aromatic rings. The van der Waals surface area contributed by atoms with Crippen molar-refractivity contribution in [1.29, 1.82) is 0 Å². The second-order valence-electron chi connectivity index (χ2n) is 7.49. The van der Waals surface area contributed by atoms with Gasteiger partial charge in [0.2, 0.25) is 11.8 Å². The van der Waals surface area contributed by atoms with Gasteiger partial charge in [-0.05, 0) is 37.8 Å². The lowest BCUT2D eigenvalue weighted by Crippen LogP contribution is -2.50. The summed E-state index contributed by atoms with van der Waals surface area (Å²) in [5.74, 6) is 0.117. The third-order valence-corrected chi connectivity index (χ3v) is 5.23. The Balaban J connectivity index is 1.85. The smallest absolute Gasteiger partial charge is 0.242 e. The maximum Gasteiger partial charge on any atom is 0.242 e. The monoisotopic (exact) mass is 314 g/mol. The summed E-state index contributed by atoms with van der Waals surface area (Å²) >= 11 is 0. The van der Waals surface area contributed by atoms with Crippen LogP contribution in [0.4, 0.5) is 5.69 Å². The maximum absolute atomic E-state index is 12.7. The van der Waals surface area contributed by atoms with Crippen LogP contribution in [0, 0.1) is 0 Å². The normalized spacial score (nSPS) is 23.6. The summed E-state index contributed by atoms with van der Waals surface area (Å²) in [7, 11) is 0. The molecule has 4 nitrogen and oxygen atoms in total. The van der Waals surface area contributed by atoms with Crippen LogP contribution < -0.4 is 4.90 Å². The Morgan fingerprint density at radius 1 is 1.26 bits per heavy atom. The fourth-order valence-electron chi connectivity index (χ4n) is 3.85. The molecule has 0 unspecified atom stereocenters. The molecule has 3 rings (SSSR count). The van der Waals surface area contributed by atoms with Crippen LogP contribution in [0.5, 0.6) is 0 Å². The number of likely N-dealkylation sites (tertiary alicyclic amines) is 1. The molecular weight excluding hydrogens is 288 g/mol. The second kappa shape index (κ2) is 5.99. The van der Waals surface area contributed by atoms with Crippen LogP contribution in [0.2, 0.25) is 0 Å². The molecule has 2 aliphatic rings. The first-order chi connectivity index (χ1) is 10.9. The van der Waals surface area contributed by atoms with Crippen molar-refractivity contribution in [3.63, 3.8) is 0 Å². The van der Waals surface area contributed by atoms with Gasteiger partial charge in [0.25, 0.3) is 0 Å². The van der Waals surface area contributed by atoms with Crippen LogP contribution >= 0.6 is 0 Å². The molecular formula is C19H26N2O2. The molecule has 1 atom stereocenters. The number of hydrogen-bond donors (Lipinski definition) is 0. The lowest BCUT2D eigenvalue weighted by molar-refractivity contribution is -0.134. The van der Waals surface area contributed by atoms with Crippen molar-refractivity contribution in [3.05, 3.63) is 29.8 Å². The van der Waals surface area contributed by atoms with Gasteiger partial charge in [0, 0.05) is 30.1 Å². The van der Waals surface area contributed by atoms with E-state index in [2.05, 4.69) is 26.8 Å². The van der Waals surface area contributed by atoms with Gasteiger partial charge in [-0.3, -0.25) is 9.59 Å².